The largest absolute Gasteiger partial charge is 0.376 e. The Morgan fingerprint density at radius 1 is 1.30 bits per heavy atom. The number of hydrogen-bond acceptors (Lipinski definition) is 2. The molecule has 0 bridgehead atoms. The van der Waals surface area contributed by atoms with Crippen LogP contribution in [-0.4, -0.2) is 18.8 Å². The summed E-state index contributed by atoms with van der Waals surface area (Å²) in [5.74, 6) is 0.693. The molecule has 0 radical (unpaired) electrons. The maximum absolute atomic E-state index is 5.57. The second-order valence-electron chi connectivity index (χ2n) is 3.33. The van der Waals surface area contributed by atoms with Crippen LogP contribution in [0.25, 0.3) is 0 Å². The van der Waals surface area contributed by atoms with Gasteiger partial charge in [0.25, 0.3) is 0 Å². The van der Waals surface area contributed by atoms with Crippen LogP contribution in [0.2, 0.25) is 0 Å². The molecule has 1 fully saturated rings. The van der Waals surface area contributed by atoms with Gasteiger partial charge in [-0.3, -0.25) is 0 Å². The third kappa shape index (κ3) is 1.96. The molecule has 0 spiro atoms. The predicted molar refractivity (Wildman–Crippen MR) is 41.8 cm³/mol. The van der Waals surface area contributed by atoms with Crippen molar-refractivity contribution >= 4 is 0 Å². The fraction of sp³-hybridized carbons (Fsp3) is 1.00. The van der Waals surface area contributed by atoms with Gasteiger partial charge in [-0.15, -0.1) is 0 Å². The first-order chi connectivity index (χ1) is 4.72. The van der Waals surface area contributed by atoms with E-state index >= 15 is 0 Å². The molecule has 1 saturated heterocycles. The van der Waals surface area contributed by atoms with E-state index in [-0.39, 0.29) is 0 Å². The Labute approximate surface area is 62.7 Å². The van der Waals surface area contributed by atoms with Crippen molar-refractivity contribution in [2.75, 3.05) is 6.54 Å². The summed E-state index contributed by atoms with van der Waals surface area (Å²) in [6.45, 7) is 5.06. The molecule has 0 aliphatic carbocycles. The van der Waals surface area contributed by atoms with Gasteiger partial charge in [-0.2, -0.15) is 0 Å². The first-order valence-corrected chi connectivity index (χ1v) is 4.08. The molecule has 0 aromatic rings. The molecule has 1 rings (SSSR count). The molecule has 60 valence electrons. The average Bonchev–Trinajstić information content (AvgIpc) is 1.85. The summed E-state index contributed by atoms with van der Waals surface area (Å²) < 4.78 is 5.56. The number of ether oxygens (including phenoxy) is 1. The molecule has 1 heterocycles. The zero-order valence-electron chi connectivity index (χ0n) is 6.84. The standard InChI is InChI=1S/C8H17NO/c1-6-3-8(5-9)4-7(2)10-6/h6-8H,3-5,9H2,1-2H3/t6-,7+,8?. The smallest absolute Gasteiger partial charge is 0.0553 e. The first kappa shape index (κ1) is 8.02. The SMILES string of the molecule is C[C@@H]1CC(CN)C[C@H](C)O1. The van der Waals surface area contributed by atoms with Gasteiger partial charge in [-0.05, 0) is 39.2 Å². The lowest BCUT2D eigenvalue weighted by atomic mass is 9.93. The van der Waals surface area contributed by atoms with Crippen LogP contribution >= 0.6 is 0 Å². The molecule has 10 heavy (non-hydrogen) atoms. The van der Waals surface area contributed by atoms with Gasteiger partial charge in [0, 0.05) is 0 Å². The van der Waals surface area contributed by atoms with Crippen molar-refractivity contribution < 1.29 is 4.74 Å². The summed E-state index contributed by atoms with van der Waals surface area (Å²) >= 11 is 0. The molecule has 1 aliphatic heterocycles. The summed E-state index contributed by atoms with van der Waals surface area (Å²) in [4.78, 5) is 0. The Morgan fingerprint density at radius 2 is 1.80 bits per heavy atom. The van der Waals surface area contributed by atoms with E-state index in [4.69, 9.17) is 10.5 Å². The highest BCUT2D eigenvalue weighted by Crippen LogP contribution is 2.23. The normalized spacial score (nSPS) is 41.7. The molecule has 1 unspecified atom stereocenters. The molecule has 0 amide bonds. The number of nitrogens with two attached hydrogens (primary N) is 1. The summed E-state index contributed by atoms with van der Waals surface area (Å²) in [6.07, 6.45) is 3.11. The van der Waals surface area contributed by atoms with Crippen molar-refractivity contribution in [1.82, 2.24) is 0 Å². The van der Waals surface area contributed by atoms with Crippen molar-refractivity contribution in [2.24, 2.45) is 11.7 Å². The van der Waals surface area contributed by atoms with Gasteiger partial charge in [0.2, 0.25) is 0 Å². The lowest BCUT2D eigenvalue weighted by Gasteiger charge is -2.31. The van der Waals surface area contributed by atoms with Crippen LogP contribution in [0.15, 0.2) is 0 Å². The Bertz CT molecular complexity index is 95.4. The third-order valence-corrected chi connectivity index (χ3v) is 2.13. The monoisotopic (exact) mass is 143 g/mol. The lowest BCUT2D eigenvalue weighted by molar-refractivity contribution is -0.0502. The van der Waals surface area contributed by atoms with E-state index in [1.165, 1.54) is 0 Å². The Morgan fingerprint density at radius 3 is 2.20 bits per heavy atom. The second kappa shape index (κ2) is 3.35. The van der Waals surface area contributed by atoms with Crippen LogP contribution in [0, 0.1) is 5.92 Å². The van der Waals surface area contributed by atoms with Gasteiger partial charge in [-0.1, -0.05) is 0 Å². The zero-order valence-corrected chi connectivity index (χ0v) is 6.84. The maximum Gasteiger partial charge on any atom is 0.0553 e. The lowest BCUT2D eigenvalue weighted by Crippen LogP contribution is -2.32. The minimum absolute atomic E-state index is 0.414. The molecule has 0 saturated carbocycles. The Hall–Kier alpha value is -0.0800. The van der Waals surface area contributed by atoms with Gasteiger partial charge < -0.3 is 10.5 Å². The van der Waals surface area contributed by atoms with E-state index in [0.29, 0.717) is 18.1 Å². The number of hydrogen-bond donors (Lipinski definition) is 1. The Kier molecular flexibility index (Phi) is 2.69. The highest BCUT2D eigenvalue weighted by molar-refractivity contribution is 4.73. The van der Waals surface area contributed by atoms with E-state index in [2.05, 4.69) is 13.8 Å². The van der Waals surface area contributed by atoms with E-state index in [0.717, 1.165) is 19.4 Å². The van der Waals surface area contributed by atoms with Gasteiger partial charge >= 0.3 is 0 Å². The molecule has 0 aromatic heterocycles. The van der Waals surface area contributed by atoms with Gasteiger partial charge in [0.1, 0.15) is 0 Å². The van der Waals surface area contributed by atoms with Crippen LogP contribution in [0.5, 0.6) is 0 Å². The average molecular weight is 143 g/mol. The maximum atomic E-state index is 5.57. The minimum Gasteiger partial charge on any atom is -0.376 e. The summed E-state index contributed by atoms with van der Waals surface area (Å²) in [6, 6.07) is 0. The van der Waals surface area contributed by atoms with Gasteiger partial charge in [0.15, 0.2) is 0 Å². The number of rotatable bonds is 1. The van der Waals surface area contributed by atoms with Crippen LogP contribution in [0.1, 0.15) is 26.7 Å². The van der Waals surface area contributed by atoms with Crippen LogP contribution in [0.4, 0.5) is 0 Å². The van der Waals surface area contributed by atoms with Crippen molar-refractivity contribution in [3.05, 3.63) is 0 Å². The molecular formula is C8H17NO. The fourth-order valence-corrected chi connectivity index (χ4v) is 1.74. The Balaban J connectivity index is 2.35. The van der Waals surface area contributed by atoms with Crippen molar-refractivity contribution in [3.63, 3.8) is 0 Å². The zero-order chi connectivity index (χ0) is 7.56. The predicted octanol–water partition coefficient (Wildman–Crippen LogP) is 1.15. The quantitative estimate of drug-likeness (QED) is 0.597. The summed E-state index contributed by atoms with van der Waals surface area (Å²) in [7, 11) is 0. The second-order valence-corrected chi connectivity index (χ2v) is 3.33. The fourth-order valence-electron chi connectivity index (χ4n) is 1.74. The molecular weight excluding hydrogens is 126 g/mol. The first-order valence-electron chi connectivity index (χ1n) is 4.08. The van der Waals surface area contributed by atoms with E-state index in [9.17, 15) is 0 Å². The summed E-state index contributed by atoms with van der Waals surface area (Å²) in [5.41, 5.74) is 5.57. The molecule has 1 aliphatic rings. The van der Waals surface area contributed by atoms with E-state index in [1.807, 2.05) is 0 Å². The van der Waals surface area contributed by atoms with Gasteiger partial charge in [-0.25, -0.2) is 0 Å². The topological polar surface area (TPSA) is 35.2 Å². The van der Waals surface area contributed by atoms with E-state index in [1.54, 1.807) is 0 Å². The minimum atomic E-state index is 0.414. The van der Waals surface area contributed by atoms with Crippen molar-refractivity contribution in [1.29, 1.82) is 0 Å². The molecule has 3 atom stereocenters. The third-order valence-electron chi connectivity index (χ3n) is 2.13. The van der Waals surface area contributed by atoms with E-state index < -0.39 is 0 Å². The molecule has 2 heteroatoms. The summed E-state index contributed by atoms with van der Waals surface area (Å²) in [5, 5.41) is 0. The highest BCUT2D eigenvalue weighted by Gasteiger charge is 2.22. The molecule has 2 nitrogen and oxygen atoms in total. The van der Waals surface area contributed by atoms with Crippen LogP contribution in [-0.2, 0) is 4.74 Å². The van der Waals surface area contributed by atoms with Crippen molar-refractivity contribution in [3.8, 4) is 0 Å². The van der Waals surface area contributed by atoms with Crippen molar-refractivity contribution in [2.45, 2.75) is 38.9 Å². The molecule has 2 N–H and O–H groups in total. The van der Waals surface area contributed by atoms with Gasteiger partial charge in [0.05, 0.1) is 12.2 Å². The molecule has 0 aromatic carbocycles. The van der Waals surface area contributed by atoms with Crippen LogP contribution in [0.3, 0.4) is 0 Å². The highest BCUT2D eigenvalue weighted by atomic mass is 16.5. The van der Waals surface area contributed by atoms with Crippen LogP contribution < -0.4 is 5.73 Å².